The lowest BCUT2D eigenvalue weighted by Gasteiger charge is -2.09. The molecule has 3 rings (SSSR count). The fourth-order valence-corrected chi connectivity index (χ4v) is 4.78. The van der Waals surface area contributed by atoms with E-state index in [4.69, 9.17) is 0 Å². The lowest BCUT2D eigenvalue weighted by atomic mass is 10.0. The number of hydrogen-bond donors (Lipinski definition) is 2. The third-order valence-electron chi connectivity index (χ3n) is 4.20. The maximum absolute atomic E-state index is 11.8. The van der Waals surface area contributed by atoms with Crippen LogP contribution in [0.4, 0.5) is 0 Å². The molecule has 1 heterocycles. The molecular weight excluding hydrogens is 342 g/mol. The molecule has 1 aromatic heterocycles. The molecule has 0 bridgehead atoms. The Kier molecular flexibility index (Phi) is 6.09. The zero-order valence-corrected chi connectivity index (χ0v) is 15.0. The highest BCUT2D eigenvalue weighted by molar-refractivity contribution is 8.01. The molecule has 2 aromatic rings. The van der Waals surface area contributed by atoms with Crippen LogP contribution in [0.25, 0.3) is 10.2 Å². The zero-order valence-electron chi connectivity index (χ0n) is 13.4. The number of rotatable bonds is 6. The van der Waals surface area contributed by atoms with Gasteiger partial charge in [-0.2, -0.15) is 0 Å². The summed E-state index contributed by atoms with van der Waals surface area (Å²) in [5, 5.41) is 0. The first-order chi connectivity index (χ1) is 11.7. The molecule has 1 aliphatic rings. The highest BCUT2D eigenvalue weighted by Gasteiger charge is 2.16. The van der Waals surface area contributed by atoms with Gasteiger partial charge in [-0.05, 0) is 24.5 Å². The predicted molar refractivity (Wildman–Crippen MR) is 97.8 cm³/mol. The highest BCUT2D eigenvalue weighted by atomic mass is 32.2. The monoisotopic (exact) mass is 363 g/mol. The van der Waals surface area contributed by atoms with Crippen molar-refractivity contribution in [1.82, 2.24) is 15.8 Å². The van der Waals surface area contributed by atoms with Gasteiger partial charge in [-0.15, -0.1) is 11.3 Å². The zero-order chi connectivity index (χ0) is 16.8. The van der Waals surface area contributed by atoms with Crippen molar-refractivity contribution in [2.24, 2.45) is 5.92 Å². The van der Waals surface area contributed by atoms with Gasteiger partial charge in [0.05, 0.1) is 16.0 Å². The van der Waals surface area contributed by atoms with E-state index in [9.17, 15) is 9.59 Å². The van der Waals surface area contributed by atoms with Gasteiger partial charge in [0.15, 0.2) is 4.34 Å². The van der Waals surface area contributed by atoms with Crippen LogP contribution in [0, 0.1) is 5.92 Å². The minimum atomic E-state index is -0.214. The largest absolute Gasteiger partial charge is 0.273 e. The summed E-state index contributed by atoms with van der Waals surface area (Å²) < 4.78 is 1.97. The lowest BCUT2D eigenvalue weighted by Crippen LogP contribution is -2.42. The number of thiazole rings is 1. The van der Waals surface area contributed by atoms with Crippen LogP contribution in [0.1, 0.15) is 38.5 Å². The van der Waals surface area contributed by atoms with Crippen molar-refractivity contribution in [2.45, 2.75) is 42.9 Å². The van der Waals surface area contributed by atoms with Crippen molar-refractivity contribution < 1.29 is 9.59 Å². The molecular formula is C17H21N3O2S2. The summed E-state index contributed by atoms with van der Waals surface area (Å²) in [6.45, 7) is 0. The van der Waals surface area contributed by atoms with Crippen molar-refractivity contribution in [3.8, 4) is 0 Å². The molecule has 5 nitrogen and oxygen atoms in total. The second-order valence-corrected chi connectivity index (χ2v) is 8.27. The lowest BCUT2D eigenvalue weighted by molar-refractivity contribution is -0.127. The van der Waals surface area contributed by atoms with Crippen LogP contribution < -0.4 is 10.9 Å². The molecule has 2 N–H and O–H groups in total. The van der Waals surface area contributed by atoms with Crippen LogP contribution in [0.3, 0.4) is 0 Å². The Morgan fingerprint density at radius 1 is 1.17 bits per heavy atom. The van der Waals surface area contributed by atoms with Crippen LogP contribution >= 0.6 is 23.1 Å². The summed E-state index contributed by atoms with van der Waals surface area (Å²) in [5.74, 6) is 0.595. The standard InChI is InChI=1S/C17H21N3O2S2/c21-15(10-9-12-5-1-2-6-12)19-20-16(22)11-23-17-18-13-7-3-4-8-14(13)24-17/h3-4,7-8,12H,1-2,5-6,9-11H2,(H,19,21)(H,20,22). The Morgan fingerprint density at radius 3 is 2.71 bits per heavy atom. The van der Waals surface area contributed by atoms with Gasteiger partial charge in [-0.3, -0.25) is 20.4 Å². The SMILES string of the molecule is O=C(CCC1CCCC1)NNC(=O)CSc1nc2ccccc2s1. The second-order valence-electron chi connectivity index (χ2n) is 6.02. The number of benzene rings is 1. The first-order valence-electron chi connectivity index (χ1n) is 8.27. The Balaban J connectivity index is 1.35. The number of nitrogens with one attached hydrogen (secondary N) is 2. The number of nitrogens with zero attached hydrogens (tertiary/aromatic N) is 1. The first kappa shape index (κ1) is 17.2. The molecule has 1 aliphatic carbocycles. The van der Waals surface area contributed by atoms with Crippen molar-refractivity contribution in [1.29, 1.82) is 0 Å². The van der Waals surface area contributed by atoms with E-state index in [-0.39, 0.29) is 17.6 Å². The van der Waals surface area contributed by atoms with Gasteiger partial charge >= 0.3 is 0 Å². The second kappa shape index (κ2) is 8.48. The van der Waals surface area contributed by atoms with Gasteiger partial charge in [-0.25, -0.2) is 4.98 Å². The van der Waals surface area contributed by atoms with E-state index in [0.717, 1.165) is 21.0 Å². The number of fused-ring (bicyclic) bond motifs is 1. The maximum atomic E-state index is 11.8. The van der Waals surface area contributed by atoms with Crippen molar-refractivity contribution in [3.63, 3.8) is 0 Å². The van der Waals surface area contributed by atoms with Crippen molar-refractivity contribution in [2.75, 3.05) is 5.75 Å². The summed E-state index contributed by atoms with van der Waals surface area (Å²) in [7, 11) is 0. The number of carbonyl (C=O) groups is 2. The van der Waals surface area contributed by atoms with Gasteiger partial charge in [0, 0.05) is 6.42 Å². The maximum Gasteiger partial charge on any atom is 0.248 e. The molecule has 24 heavy (non-hydrogen) atoms. The van der Waals surface area contributed by atoms with E-state index in [1.165, 1.54) is 37.4 Å². The van der Waals surface area contributed by atoms with Crippen LogP contribution in [-0.2, 0) is 9.59 Å². The number of carbonyl (C=O) groups excluding carboxylic acids is 2. The topological polar surface area (TPSA) is 71.1 Å². The molecule has 128 valence electrons. The Bertz CT molecular complexity index is 678. The Morgan fingerprint density at radius 2 is 1.92 bits per heavy atom. The van der Waals surface area contributed by atoms with E-state index in [2.05, 4.69) is 15.8 Å². The molecule has 1 saturated carbocycles. The summed E-state index contributed by atoms with van der Waals surface area (Å²) >= 11 is 2.95. The molecule has 0 saturated heterocycles. The molecule has 0 radical (unpaired) electrons. The van der Waals surface area contributed by atoms with Gasteiger partial charge in [0.25, 0.3) is 0 Å². The molecule has 7 heteroatoms. The fourth-order valence-electron chi connectivity index (χ4n) is 2.91. The fraction of sp³-hybridized carbons (Fsp3) is 0.471. The third kappa shape index (κ3) is 4.95. The number of hydrogen-bond acceptors (Lipinski definition) is 5. The average molecular weight is 364 g/mol. The molecule has 0 aliphatic heterocycles. The molecule has 2 amide bonds. The van der Waals surface area contributed by atoms with Gasteiger partial charge in [0.1, 0.15) is 0 Å². The first-order valence-corrected chi connectivity index (χ1v) is 10.1. The van der Waals surface area contributed by atoms with E-state index in [1.807, 2.05) is 24.3 Å². The summed E-state index contributed by atoms with van der Waals surface area (Å²) in [4.78, 5) is 28.0. The molecule has 0 atom stereocenters. The number of hydrazine groups is 1. The number of thioether (sulfide) groups is 1. The van der Waals surface area contributed by atoms with E-state index in [0.29, 0.717) is 12.3 Å². The molecule has 0 spiro atoms. The number of aromatic nitrogens is 1. The third-order valence-corrected chi connectivity index (χ3v) is 6.38. The number of amides is 2. The molecule has 1 aromatic carbocycles. The van der Waals surface area contributed by atoms with Gasteiger partial charge in [-0.1, -0.05) is 49.6 Å². The molecule has 0 unspecified atom stereocenters. The van der Waals surface area contributed by atoms with Gasteiger partial charge < -0.3 is 0 Å². The van der Waals surface area contributed by atoms with Crippen LogP contribution in [0.5, 0.6) is 0 Å². The number of para-hydroxylation sites is 1. The molecule has 1 fully saturated rings. The van der Waals surface area contributed by atoms with E-state index in [1.54, 1.807) is 11.3 Å². The summed E-state index contributed by atoms with van der Waals surface area (Å²) in [6.07, 6.45) is 6.44. The van der Waals surface area contributed by atoms with Crippen molar-refractivity contribution >= 4 is 45.1 Å². The van der Waals surface area contributed by atoms with Crippen LogP contribution in [-0.4, -0.2) is 22.6 Å². The summed E-state index contributed by atoms with van der Waals surface area (Å²) in [5.41, 5.74) is 5.93. The highest BCUT2D eigenvalue weighted by Crippen LogP contribution is 2.29. The van der Waals surface area contributed by atoms with Crippen LogP contribution in [0.15, 0.2) is 28.6 Å². The van der Waals surface area contributed by atoms with E-state index >= 15 is 0 Å². The quantitative estimate of drug-likeness (QED) is 0.609. The van der Waals surface area contributed by atoms with Crippen molar-refractivity contribution in [3.05, 3.63) is 24.3 Å². The minimum absolute atomic E-state index is 0.111. The smallest absolute Gasteiger partial charge is 0.248 e. The van der Waals surface area contributed by atoms with Gasteiger partial charge in [0.2, 0.25) is 11.8 Å². The Labute approximate surface area is 149 Å². The Hall–Kier alpha value is -1.60. The van der Waals surface area contributed by atoms with Crippen LogP contribution in [0.2, 0.25) is 0 Å². The summed E-state index contributed by atoms with van der Waals surface area (Å²) in [6, 6.07) is 7.90. The normalized spacial score (nSPS) is 14.8. The minimum Gasteiger partial charge on any atom is -0.273 e. The predicted octanol–water partition coefficient (Wildman–Crippen LogP) is 3.51. The van der Waals surface area contributed by atoms with E-state index < -0.39 is 0 Å². The average Bonchev–Trinajstić information content (AvgIpc) is 3.25.